The standard InChI is InChI=1S/C27H34N4O2/c1-18(2)32-26-14-11-19(15-21(26)16-28)27(33-29)30-17-20-7-6-10-24-23(20)12-13-25(24)31-22-8-4-3-5-9-22/h6-7,10-11,14-15,18,22,25,31H,3-5,8-9,12-13,17,29H2,1-2H3. The minimum absolute atomic E-state index is 0.0153. The summed E-state index contributed by atoms with van der Waals surface area (Å²) in [5.41, 5.74) is 5.10. The van der Waals surface area contributed by atoms with Crippen LogP contribution in [0.25, 0.3) is 0 Å². The third kappa shape index (κ3) is 5.55. The molecular formula is C27H34N4O2. The molecule has 2 aromatic rings. The summed E-state index contributed by atoms with van der Waals surface area (Å²) in [6.07, 6.45) is 8.81. The van der Waals surface area contributed by atoms with Gasteiger partial charge in [0.1, 0.15) is 11.8 Å². The van der Waals surface area contributed by atoms with Crippen molar-refractivity contribution in [2.75, 3.05) is 0 Å². The number of rotatable bonds is 7. The van der Waals surface area contributed by atoms with Crippen molar-refractivity contribution < 1.29 is 9.57 Å². The van der Waals surface area contributed by atoms with Crippen molar-refractivity contribution in [1.29, 1.82) is 5.26 Å². The molecule has 1 atom stereocenters. The lowest BCUT2D eigenvalue weighted by Crippen LogP contribution is -2.33. The summed E-state index contributed by atoms with van der Waals surface area (Å²) in [7, 11) is 0. The Hall–Kier alpha value is -2.88. The first-order valence-corrected chi connectivity index (χ1v) is 12.1. The Labute approximate surface area is 196 Å². The number of benzene rings is 2. The fourth-order valence-corrected chi connectivity index (χ4v) is 5.07. The van der Waals surface area contributed by atoms with E-state index in [-0.39, 0.29) is 6.10 Å². The van der Waals surface area contributed by atoms with E-state index in [1.54, 1.807) is 12.1 Å². The maximum atomic E-state index is 9.52. The van der Waals surface area contributed by atoms with Crippen LogP contribution < -0.4 is 16.0 Å². The predicted octanol–water partition coefficient (Wildman–Crippen LogP) is 5.09. The number of nitrogens with zero attached hydrogens (tertiary/aromatic N) is 2. The smallest absolute Gasteiger partial charge is 0.240 e. The van der Waals surface area contributed by atoms with Crippen LogP contribution in [0.15, 0.2) is 41.4 Å². The van der Waals surface area contributed by atoms with Crippen molar-refractivity contribution in [3.63, 3.8) is 0 Å². The highest BCUT2D eigenvalue weighted by Crippen LogP contribution is 2.35. The Kier molecular flexibility index (Phi) is 7.64. The second-order valence-electron chi connectivity index (χ2n) is 9.31. The lowest BCUT2D eigenvalue weighted by Gasteiger charge is -2.27. The lowest BCUT2D eigenvalue weighted by atomic mass is 9.94. The van der Waals surface area contributed by atoms with E-state index >= 15 is 0 Å². The number of nitriles is 1. The van der Waals surface area contributed by atoms with Gasteiger partial charge in [0, 0.05) is 17.6 Å². The van der Waals surface area contributed by atoms with Crippen LogP contribution in [0, 0.1) is 11.3 Å². The van der Waals surface area contributed by atoms with Gasteiger partial charge in [0.05, 0.1) is 18.2 Å². The third-order valence-electron chi connectivity index (χ3n) is 6.62. The quantitative estimate of drug-likeness (QED) is 0.351. The van der Waals surface area contributed by atoms with E-state index in [0.717, 1.165) is 12.8 Å². The number of nitrogens with two attached hydrogens (primary N) is 1. The monoisotopic (exact) mass is 446 g/mol. The van der Waals surface area contributed by atoms with Gasteiger partial charge in [-0.1, -0.05) is 37.5 Å². The topological polar surface area (TPSA) is 92.7 Å². The van der Waals surface area contributed by atoms with E-state index in [1.165, 1.54) is 48.8 Å². The molecule has 0 saturated heterocycles. The molecule has 2 aliphatic carbocycles. The van der Waals surface area contributed by atoms with Gasteiger partial charge < -0.3 is 14.9 Å². The number of nitrogens with one attached hydrogen (secondary N) is 1. The van der Waals surface area contributed by atoms with Crippen LogP contribution in [0.2, 0.25) is 0 Å². The molecule has 3 N–H and O–H groups in total. The van der Waals surface area contributed by atoms with E-state index in [9.17, 15) is 5.26 Å². The van der Waals surface area contributed by atoms with Crippen LogP contribution in [-0.4, -0.2) is 18.0 Å². The van der Waals surface area contributed by atoms with Crippen molar-refractivity contribution in [1.82, 2.24) is 5.32 Å². The highest BCUT2D eigenvalue weighted by molar-refractivity contribution is 5.94. The zero-order valence-corrected chi connectivity index (χ0v) is 19.6. The largest absolute Gasteiger partial charge is 0.490 e. The third-order valence-corrected chi connectivity index (χ3v) is 6.62. The van der Waals surface area contributed by atoms with Gasteiger partial charge in [0.25, 0.3) is 0 Å². The average Bonchev–Trinajstić information content (AvgIpc) is 3.24. The molecule has 1 unspecified atom stereocenters. The van der Waals surface area contributed by atoms with Crippen LogP contribution in [-0.2, 0) is 17.8 Å². The second kappa shape index (κ2) is 10.8. The number of ether oxygens (including phenoxy) is 1. The highest BCUT2D eigenvalue weighted by atomic mass is 16.6. The van der Waals surface area contributed by atoms with Crippen LogP contribution in [0.1, 0.15) is 86.2 Å². The molecule has 0 aliphatic heterocycles. The summed E-state index contributed by atoms with van der Waals surface area (Å²) in [4.78, 5) is 9.77. The molecule has 4 rings (SSSR count). The number of aliphatic imine (C=N–C) groups is 1. The molecule has 2 aromatic carbocycles. The van der Waals surface area contributed by atoms with Gasteiger partial charge in [-0.05, 0) is 74.4 Å². The maximum absolute atomic E-state index is 9.52. The molecule has 1 fully saturated rings. The van der Waals surface area contributed by atoms with Gasteiger partial charge in [-0.15, -0.1) is 0 Å². The Balaban J connectivity index is 1.51. The minimum Gasteiger partial charge on any atom is -0.490 e. The van der Waals surface area contributed by atoms with Crippen LogP contribution in [0.4, 0.5) is 0 Å². The normalized spacial score (nSPS) is 18.8. The molecule has 33 heavy (non-hydrogen) atoms. The van der Waals surface area contributed by atoms with Gasteiger partial charge in [0.2, 0.25) is 5.90 Å². The number of hydrogen-bond acceptors (Lipinski definition) is 6. The van der Waals surface area contributed by atoms with E-state index in [0.29, 0.717) is 41.4 Å². The maximum Gasteiger partial charge on any atom is 0.240 e. The Morgan fingerprint density at radius 1 is 1.18 bits per heavy atom. The summed E-state index contributed by atoms with van der Waals surface area (Å²) >= 11 is 0. The first-order valence-electron chi connectivity index (χ1n) is 12.1. The van der Waals surface area contributed by atoms with Crippen LogP contribution in [0.3, 0.4) is 0 Å². The van der Waals surface area contributed by atoms with Gasteiger partial charge in [0.15, 0.2) is 0 Å². The fourth-order valence-electron chi connectivity index (χ4n) is 5.07. The molecule has 6 nitrogen and oxygen atoms in total. The van der Waals surface area contributed by atoms with Gasteiger partial charge in [-0.2, -0.15) is 11.2 Å². The van der Waals surface area contributed by atoms with Crippen molar-refractivity contribution in [2.24, 2.45) is 10.9 Å². The summed E-state index contributed by atoms with van der Waals surface area (Å²) in [5, 5.41) is 13.4. The molecule has 0 bridgehead atoms. The molecule has 0 spiro atoms. The van der Waals surface area contributed by atoms with Gasteiger partial charge in [-0.25, -0.2) is 4.99 Å². The molecular weight excluding hydrogens is 412 g/mol. The Morgan fingerprint density at radius 2 is 2.00 bits per heavy atom. The molecule has 6 heteroatoms. The number of fused-ring (bicyclic) bond motifs is 1. The summed E-state index contributed by atoms with van der Waals surface area (Å²) in [6, 6.07) is 15.1. The molecule has 0 aromatic heterocycles. The first kappa shape index (κ1) is 23.3. The molecule has 2 aliphatic rings. The Bertz CT molecular complexity index is 1030. The molecule has 0 heterocycles. The minimum atomic E-state index is -0.0153. The van der Waals surface area contributed by atoms with E-state index in [1.807, 2.05) is 19.9 Å². The lowest BCUT2D eigenvalue weighted by molar-refractivity contribution is 0.241. The molecule has 1 saturated carbocycles. The summed E-state index contributed by atoms with van der Waals surface area (Å²) in [6.45, 7) is 4.34. The van der Waals surface area contributed by atoms with Crippen LogP contribution >= 0.6 is 0 Å². The van der Waals surface area contributed by atoms with Crippen molar-refractivity contribution in [3.8, 4) is 11.8 Å². The van der Waals surface area contributed by atoms with Gasteiger partial charge in [-0.3, -0.25) is 0 Å². The SMILES string of the molecule is CC(C)Oc1ccc(C(=NCc2cccc3c2CCC3NC2CCCCC2)ON)cc1C#N. The first-order chi connectivity index (χ1) is 16.1. The van der Waals surface area contributed by atoms with Crippen LogP contribution in [0.5, 0.6) is 5.75 Å². The number of hydrogen-bond donors (Lipinski definition) is 2. The van der Waals surface area contributed by atoms with E-state index in [2.05, 4.69) is 34.6 Å². The zero-order valence-electron chi connectivity index (χ0n) is 19.6. The summed E-state index contributed by atoms with van der Waals surface area (Å²) in [5.74, 6) is 6.42. The molecule has 174 valence electrons. The van der Waals surface area contributed by atoms with Gasteiger partial charge >= 0.3 is 0 Å². The predicted molar refractivity (Wildman–Crippen MR) is 130 cm³/mol. The molecule has 0 radical (unpaired) electrons. The van der Waals surface area contributed by atoms with Crippen molar-refractivity contribution in [3.05, 3.63) is 64.2 Å². The van der Waals surface area contributed by atoms with E-state index in [4.69, 9.17) is 15.5 Å². The van der Waals surface area contributed by atoms with Crippen molar-refractivity contribution >= 4 is 5.90 Å². The van der Waals surface area contributed by atoms with E-state index < -0.39 is 0 Å². The fraction of sp³-hybridized carbons (Fsp3) is 0.481. The Morgan fingerprint density at radius 3 is 2.73 bits per heavy atom. The summed E-state index contributed by atoms with van der Waals surface area (Å²) < 4.78 is 5.71. The second-order valence-corrected chi connectivity index (χ2v) is 9.31. The molecule has 0 amide bonds. The zero-order chi connectivity index (χ0) is 23.2. The van der Waals surface area contributed by atoms with Crippen molar-refractivity contribution in [2.45, 2.75) is 83.5 Å². The highest BCUT2D eigenvalue weighted by Gasteiger charge is 2.27. The average molecular weight is 447 g/mol.